The third-order valence-corrected chi connectivity index (χ3v) is 4.91. The number of hydrogen-bond donors (Lipinski definition) is 1. The Bertz CT molecular complexity index is 1070. The van der Waals surface area contributed by atoms with Gasteiger partial charge in [-0.3, -0.25) is 4.79 Å². The van der Waals surface area contributed by atoms with Crippen molar-refractivity contribution in [3.05, 3.63) is 77.6 Å². The predicted molar refractivity (Wildman–Crippen MR) is 112 cm³/mol. The molecular weight excluding hydrogens is 418 g/mol. The molecule has 2 heterocycles. The van der Waals surface area contributed by atoms with Crippen LogP contribution >= 0.6 is 0 Å². The van der Waals surface area contributed by atoms with Crippen LogP contribution in [0.15, 0.2) is 54.7 Å². The second kappa shape index (κ2) is 10.3. The van der Waals surface area contributed by atoms with E-state index in [-0.39, 0.29) is 36.3 Å². The van der Waals surface area contributed by atoms with Crippen LogP contribution in [0, 0.1) is 11.8 Å². The highest BCUT2D eigenvalue weighted by molar-refractivity contribution is 5.78. The quantitative estimate of drug-likeness (QED) is 0.570. The summed E-state index contributed by atoms with van der Waals surface area (Å²) in [5, 5.41) is 4.39. The number of nitrogens with zero attached hydrogens (tertiary/aromatic N) is 3. The minimum absolute atomic E-state index is 0.0558. The largest absolute Gasteiger partial charge is 0.379 e. The van der Waals surface area contributed by atoms with E-state index >= 15 is 0 Å². The average molecular weight is 440 g/mol. The standard InChI is InChI=1S/C23H22F2N4O3/c24-19-3-1-2-17(12-19)14-26-21(30)13-16-4-6-18(7-5-16)20-15-27-23(28-22(20)25)32-29-8-10-31-11-9-29/h1-7,12,15H,8-11,13-14H2,(H,26,30). The van der Waals surface area contributed by atoms with Crippen molar-refractivity contribution in [3.63, 3.8) is 0 Å². The molecule has 1 aliphatic heterocycles. The Kier molecular flexibility index (Phi) is 6.98. The zero-order chi connectivity index (χ0) is 22.3. The van der Waals surface area contributed by atoms with Gasteiger partial charge in [0.05, 0.1) is 38.3 Å². The number of rotatable bonds is 7. The zero-order valence-electron chi connectivity index (χ0n) is 17.3. The van der Waals surface area contributed by atoms with E-state index in [1.807, 2.05) is 0 Å². The van der Waals surface area contributed by atoms with Gasteiger partial charge >= 0.3 is 6.01 Å². The van der Waals surface area contributed by atoms with E-state index in [9.17, 15) is 13.6 Å². The third kappa shape index (κ3) is 5.83. The fourth-order valence-electron chi connectivity index (χ4n) is 3.23. The summed E-state index contributed by atoms with van der Waals surface area (Å²) in [4.78, 5) is 25.5. The van der Waals surface area contributed by atoms with Crippen molar-refractivity contribution in [2.24, 2.45) is 0 Å². The molecule has 0 spiro atoms. The lowest BCUT2D eigenvalue weighted by atomic mass is 10.0. The number of benzene rings is 2. The Labute approximate surface area is 184 Å². The third-order valence-electron chi connectivity index (χ3n) is 4.91. The molecular formula is C23H22F2N4O3. The van der Waals surface area contributed by atoms with Crippen molar-refractivity contribution in [2.45, 2.75) is 13.0 Å². The van der Waals surface area contributed by atoms with Gasteiger partial charge in [0.15, 0.2) is 0 Å². The number of nitrogens with one attached hydrogen (secondary N) is 1. The van der Waals surface area contributed by atoms with Crippen LogP contribution < -0.4 is 10.2 Å². The van der Waals surface area contributed by atoms with Gasteiger partial charge in [-0.2, -0.15) is 9.37 Å². The SMILES string of the molecule is O=C(Cc1ccc(-c2cnc(ON3CCOCC3)nc2F)cc1)NCc1cccc(F)c1. The molecule has 1 saturated heterocycles. The molecule has 0 aliphatic carbocycles. The van der Waals surface area contributed by atoms with Crippen molar-refractivity contribution in [2.75, 3.05) is 26.3 Å². The molecule has 2 aromatic carbocycles. The van der Waals surface area contributed by atoms with Gasteiger partial charge in [0.2, 0.25) is 11.9 Å². The molecule has 0 saturated carbocycles. The monoisotopic (exact) mass is 440 g/mol. The highest BCUT2D eigenvalue weighted by Gasteiger charge is 2.16. The van der Waals surface area contributed by atoms with Crippen molar-refractivity contribution < 1.29 is 23.1 Å². The van der Waals surface area contributed by atoms with Crippen LogP contribution in [0.1, 0.15) is 11.1 Å². The van der Waals surface area contributed by atoms with Crippen LogP contribution in [-0.2, 0) is 22.5 Å². The van der Waals surface area contributed by atoms with Gasteiger partial charge in [0.25, 0.3) is 0 Å². The number of carbonyl (C=O) groups excluding carboxylic acids is 1. The van der Waals surface area contributed by atoms with Crippen LogP contribution in [0.3, 0.4) is 0 Å². The first-order valence-corrected chi connectivity index (χ1v) is 10.2. The Hall–Kier alpha value is -3.43. The van der Waals surface area contributed by atoms with Crippen molar-refractivity contribution in [1.82, 2.24) is 20.3 Å². The maximum absolute atomic E-state index is 14.5. The topological polar surface area (TPSA) is 76.6 Å². The summed E-state index contributed by atoms with van der Waals surface area (Å²) in [5.74, 6) is -1.23. The zero-order valence-corrected chi connectivity index (χ0v) is 17.3. The van der Waals surface area contributed by atoms with Gasteiger partial charge in [-0.15, -0.1) is 5.06 Å². The molecule has 1 N–H and O–H groups in total. The van der Waals surface area contributed by atoms with Gasteiger partial charge in [-0.05, 0) is 28.8 Å². The minimum Gasteiger partial charge on any atom is -0.379 e. The molecule has 4 rings (SSSR count). The molecule has 0 radical (unpaired) electrons. The molecule has 1 fully saturated rings. The van der Waals surface area contributed by atoms with Crippen LogP contribution in [0.4, 0.5) is 8.78 Å². The summed E-state index contributed by atoms with van der Waals surface area (Å²) in [6, 6.07) is 12.9. The summed E-state index contributed by atoms with van der Waals surface area (Å²) >= 11 is 0. The number of aromatic nitrogens is 2. The number of carbonyl (C=O) groups is 1. The first-order valence-electron chi connectivity index (χ1n) is 10.2. The smallest absolute Gasteiger partial charge is 0.338 e. The van der Waals surface area contributed by atoms with Crippen LogP contribution in [0.5, 0.6) is 6.01 Å². The van der Waals surface area contributed by atoms with Gasteiger partial charge in [-0.1, -0.05) is 36.4 Å². The number of morpholine rings is 1. The highest BCUT2D eigenvalue weighted by Crippen LogP contribution is 2.23. The van der Waals surface area contributed by atoms with E-state index in [1.54, 1.807) is 41.5 Å². The van der Waals surface area contributed by atoms with E-state index in [0.717, 1.165) is 5.56 Å². The molecule has 0 unspecified atom stereocenters. The Morgan fingerprint density at radius 1 is 1.09 bits per heavy atom. The second-order valence-electron chi connectivity index (χ2n) is 7.27. The summed E-state index contributed by atoms with van der Waals surface area (Å²) < 4.78 is 33.0. The van der Waals surface area contributed by atoms with E-state index in [2.05, 4.69) is 15.3 Å². The van der Waals surface area contributed by atoms with E-state index in [0.29, 0.717) is 37.4 Å². The molecule has 7 nitrogen and oxygen atoms in total. The summed E-state index contributed by atoms with van der Waals surface area (Å²) in [7, 11) is 0. The molecule has 0 bridgehead atoms. The van der Waals surface area contributed by atoms with E-state index in [1.165, 1.54) is 18.3 Å². The fourth-order valence-corrected chi connectivity index (χ4v) is 3.23. The first kappa shape index (κ1) is 21.8. The van der Waals surface area contributed by atoms with Crippen molar-refractivity contribution >= 4 is 5.91 Å². The highest BCUT2D eigenvalue weighted by atomic mass is 19.1. The van der Waals surface area contributed by atoms with Gasteiger partial charge in [0, 0.05) is 12.7 Å². The number of ether oxygens (including phenoxy) is 1. The summed E-state index contributed by atoms with van der Waals surface area (Å²) in [6.45, 7) is 2.44. The minimum atomic E-state index is -0.691. The Balaban J connectivity index is 1.34. The molecule has 1 aliphatic rings. The van der Waals surface area contributed by atoms with E-state index in [4.69, 9.17) is 9.57 Å². The lowest BCUT2D eigenvalue weighted by Crippen LogP contribution is -2.39. The first-order chi connectivity index (χ1) is 15.6. The second-order valence-corrected chi connectivity index (χ2v) is 7.27. The lowest BCUT2D eigenvalue weighted by molar-refractivity contribution is -0.124. The molecule has 9 heteroatoms. The van der Waals surface area contributed by atoms with Gasteiger partial charge in [-0.25, -0.2) is 9.37 Å². The molecule has 3 aromatic rings. The number of hydrogen-bond acceptors (Lipinski definition) is 6. The normalized spacial score (nSPS) is 14.2. The molecule has 32 heavy (non-hydrogen) atoms. The van der Waals surface area contributed by atoms with Crippen molar-refractivity contribution in [3.8, 4) is 17.1 Å². The maximum Gasteiger partial charge on any atom is 0.338 e. The maximum atomic E-state index is 14.5. The predicted octanol–water partition coefficient (Wildman–Crippen LogP) is 2.91. The van der Waals surface area contributed by atoms with Crippen LogP contribution in [0.25, 0.3) is 11.1 Å². The molecule has 1 aromatic heterocycles. The Morgan fingerprint density at radius 3 is 2.59 bits per heavy atom. The van der Waals surface area contributed by atoms with Gasteiger partial charge in [0.1, 0.15) is 5.82 Å². The van der Waals surface area contributed by atoms with Crippen LogP contribution in [-0.4, -0.2) is 47.2 Å². The molecule has 1 amide bonds. The summed E-state index contributed by atoms with van der Waals surface area (Å²) in [5.41, 5.74) is 2.27. The lowest BCUT2D eigenvalue weighted by Gasteiger charge is -2.24. The fraction of sp³-hybridized carbons (Fsp3) is 0.261. The van der Waals surface area contributed by atoms with Crippen LogP contribution in [0.2, 0.25) is 0 Å². The average Bonchev–Trinajstić information content (AvgIpc) is 2.79. The number of halogens is 2. The Morgan fingerprint density at radius 2 is 1.88 bits per heavy atom. The van der Waals surface area contributed by atoms with Crippen molar-refractivity contribution in [1.29, 1.82) is 0 Å². The number of hydroxylamine groups is 2. The summed E-state index contributed by atoms with van der Waals surface area (Å²) in [6.07, 6.45) is 1.53. The number of amides is 1. The molecule has 0 atom stereocenters. The molecule has 166 valence electrons. The van der Waals surface area contributed by atoms with Gasteiger partial charge < -0.3 is 14.9 Å². The van der Waals surface area contributed by atoms with E-state index < -0.39 is 5.95 Å².